The normalized spacial score (nSPS) is 26.0. The number of carbonyl (C=O) groups is 2. The van der Waals surface area contributed by atoms with Crippen LogP contribution in [0.3, 0.4) is 0 Å². The second-order valence-corrected chi connectivity index (χ2v) is 7.98. The van der Waals surface area contributed by atoms with Gasteiger partial charge in [-0.1, -0.05) is 18.0 Å². The van der Waals surface area contributed by atoms with Gasteiger partial charge in [-0.05, 0) is 31.1 Å². The van der Waals surface area contributed by atoms with Crippen molar-refractivity contribution in [2.24, 2.45) is 5.41 Å². The minimum absolute atomic E-state index is 0.0494. The van der Waals surface area contributed by atoms with Crippen molar-refractivity contribution in [2.75, 3.05) is 26.2 Å². The summed E-state index contributed by atoms with van der Waals surface area (Å²) >= 11 is 0. The lowest BCUT2D eigenvalue weighted by Crippen LogP contribution is -2.45. The van der Waals surface area contributed by atoms with Crippen molar-refractivity contribution < 1.29 is 14.1 Å². The fourth-order valence-corrected chi connectivity index (χ4v) is 4.74. The van der Waals surface area contributed by atoms with E-state index < -0.39 is 0 Å². The molecule has 25 heavy (non-hydrogen) atoms. The molecule has 1 atom stereocenters. The summed E-state index contributed by atoms with van der Waals surface area (Å²) in [6.45, 7) is 4.13. The second-order valence-electron chi connectivity index (χ2n) is 7.98. The van der Waals surface area contributed by atoms with Gasteiger partial charge in [-0.25, -0.2) is 0 Å². The molecule has 0 N–H and O–H groups in total. The second kappa shape index (κ2) is 6.42. The first-order valence-corrected chi connectivity index (χ1v) is 9.40. The third-order valence-corrected chi connectivity index (χ3v) is 6.08. The van der Waals surface area contributed by atoms with Gasteiger partial charge in [-0.15, -0.1) is 0 Å². The third kappa shape index (κ3) is 3.28. The fourth-order valence-electron chi connectivity index (χ4n) is 4.74. The number of rotatable bonds is 3. The lowest BCUT2D eigenvalue weighted by atomic mass is 9.85. The molecule has 4 rings (SSSR count). The molecule has 1 aromatic rings. The van der Waals surface area contributed by atoms with E-state index in [-0.39, 0.29) is 29.7 Å². The summed E-state index contributed by atoms with van der Waals surface area (Å²) < 4.78 is 5.07. The monoisotopic (exact) mass is 346 g/mol. The van der Waals surface area contributed by atoms with Gasteiger partial charge in [0.2, 0.25) is 17.7 Å². The zero-order valence-electron chi connectivity index (χ0n) is 14.9. The molecule has 1 saturated carbocycles. The summed E-state index contributed by atoms with van der Waals surface area (Å²) in [5.41, 5.74) is 0.157. The van der Waals surface area contributed by atoms with Gasteiger partial charge < -0.3 is 14.3 Å². The quantitative estimate of drug-likeness (QED) is 0.835. The molecule has 0 radical (unpaired) electrons. The van der Waals surface area contributed by atoms with E-state index in [0.29, 0.717) is 24.7 Å². The van der Waals surface area contributed by atoms with Crippen LogP contribution in [-0.2, 0) is 9.59 Å². The van der Waals surface area contributed by atoms with Crippen molar-refractivity contribution in [1.29, 1.82) is 0 Å². The molecule has 2 aliphatic heterocycles. The molecule has 0 bridgehead atoms. The molecular weight excluding hydrogens is 320 g/mol. The van der Waals surface area contributed by atoms with Crippen molar-refractivity contribution in [3.8, 4) is 0 Å². The van der Waals surface area contributed by atoms with Crippen molar-refractivity contribution in [2.45, 2.75) is 57.8 Å². The summed E-state index contributed by atoms with van der Waals surface area (Å²) in [5, 5.41) is 4.01. The largest absolute Gasteiger partial charge is 0.340 e. The summed E-state index contributed by atoms with van der Waals surface area (Å²) in [4.78, 5) is 33.1. The summed E-state index contributed by atoms with van der Waals surface area (Å²) in [6, 6.07) is 0. The maximum Gasteiger partial charge on any atom is 0.242 e. The topological polar surface area (TPSA) is 79.5 Å². The van der Waals surface area contributed by atoms with E-state index in [2.05, 4.69) is 10.1 Å². The summed E-state index contributed by atoms with van der Waals surface area (Å²) in [6.07, 6.45) is 7.22. The predicted molar refractivity (Wildman–Crippen MR) is 89.7 cm³/mol. The van der Waals surface area contributed by atoms with Gasteiger partial charge in [-0.3, -0.25) is 9.59 Å². The molecule has 0 aromatic carbocycles. The maximum atomic E-state index is 12.8. The first-order chi connectivity index (χ1) is 12.0. The number of amides is 2. The van der Waals surface area contributed by atoms with E-state index in [1.807, 2.05) is 4.90 Å². The minimum Gasteiger partial charge on any atom is -0.340 e. The Bertz CT molecular complexity index is 665. The number of hydrogen-bond acceptors (Lipinski definition) is 5. The Kier molecular flexibility index (Phi) is 4.25. The van der Waals surface area contributed by atoms with Crippen LogP contribution >= 0.6 is 0 Å². The number of carbonyl (C=O) groups excluding carboxylic acids is 2. The van der Waals surface area contributed by atoms with Crippen LogP contribution in [0.25, 0.3) is 0 Å². The van der Waals surface area contributed by atoms with E-state index >= 15 is 0 Å². The zero-order valence-corrected chi connectivity index (χ0v) is 14.9. The number of likely N-dealkylation sites (tertiary alicyclic amines) is 2. The van der Waals surface area contributed by atoms with Crippen molar-refractivity contribution >= 4 is 11.8 Å². The number of piperidine rings is 1. The van der Waals surface area contributed by atoms with Gasteiger partial charge in [0.25, 0.3) is 0 Å². The van der Waals surface area contributed by atoms with Gasteiger partial charge in [0.15, 0.2) is 5.82 Å². The standard InChI is InChI=1S/C18H26N4O3/c1-13-19-17(20-25-13)14-5-4-8-21(10-14)16(24)11-22-12-18(9-15(22)23)6-2-3-7-18/h14H,2-12H2,1H3/t14-/m0/s1. The highest BCUT2D eigenvalue weighted by molar-refractivity contribution is 5.86. The Balaban J connectivity index is 1.37. The molecule has 3 fully saturated rings. The van der Waals surface area contributed by atoms with Crippen molar-refractivity contribution in [3.63, 3.8) is 0 Å². The van der Waals surface area contributed by atoms with Crippen LogP contribution < -0.4 is 0 Å². The highest BCUT2D eigenvalue weighted by Gasteiger charge is 2.45. The number of hydrogen-bond donors (Lipinski definition) is 0. The van der Waals surface area contributed by atoms with Crippen LogP contribution in [0.4, 0.5) is 0 Å². The molecule has 1 spiro atoms. The van der Waals surface area contributed by atoms with E-state index in [4.69, 9.17) is 4.52 Å². The van der Waals surface area contributed by atoms with Gasteiger partial charge in [0.05, 0.1) is 6.54 Å². The minimum atomic E-state index is 0.0494. The summed E-state index contributed by atoms with van der Waals surface area (Å²) in [7, 11) is 0. The molecule has 1 aromatic heterocycles. The molecule has 0 unspecified atom stereocenters. The van der Waals surface area contributed by atoms with E-state index in [0.717, 1.165) is 38.8 Å². The van der Waals surface area contributed by atoms with E-state index in [9.17, 15) is 9.59 Å². The SMILES string of the molecule is Cc1nc([C@H]2CCCN(C(=O)CN3CC4(CCCC4)CC3=O)C2)no1. The van der Waals surface area contributed by atoms with Gasteiger partial charge in [0, 0.05) is 38.9 Å². The van der Waals surface area contributed by atoms with Gasteiger partial charge in [-0.2, -0.15) is 4.98 Å². The average Bonchev–Trinajstić information content (AvgIpc) is 3.30. The fraction of sp³-hybridized carbons (Fsp3) is 0.778. The molecule has 7 heteroatoms. The molecule has 2 saturated heterocycles. The van der Waals surface area contributed by atoms with Crippen LogP contribution in [0.1, 0.15) is 62.6 Å². The zero-order chi connectivity index (χ0) is 17.4. The molecule has 3 heterocycles. The van der Waals surface area contributed by atoms with E-state index in [1.54, 1.807) is 11.8 Å². The lowest BCUT2D eigenvalue weighted by Gasteiger charge is -2.32. The predicted octanol–water partition coefficient (Wildman–Crippen LogP) is 1.88. The van der Waals surface area contributed by atoms with Crippen LogP contribution in [-0.4, -0.2) is 57.9 Å². The van der Waals surface area contributed by atoms with Crippen LogP contribution in [0, 0.1) is 12.3 Å². The molecule has 3 aliphatic rings. The Morgan fingerprint density at radius 3 is 2.84 bits per heavy atom. The number of nitrogens with zero attached hydrogens (tertiary/aromatic N) is 4. The van der Waals surface area contributed by atoms with Crippen molar-refractivity contribution in [3.05, 3.63) is 11.7 Å². The maximum absolute atomic E-state index is 12.8. The highest BCUT2D eigenvalue weighted by atomic mass is 16.5. The Morgan fingerprint density at radius 2 is 2.12 bits per heavy atom. The number of aromatic nitrogens is 2. The van der Waals surface area contributed by atoms with Gasteiger partial charge in [0.1, 0.15) is 0 Å². The lowest BCUT2D eigenvalue weighted by molar-refractivity contribution is -0.139. The van der Waals surface area contributed by atoms with Gasteiger partial charge >= 0.3 is 0 Å². The third-order valence-electron chi connectivity index (χ3n) is 6.08. The average molecular weight is 346 g/mol. The number of aryl methyl sites for hydroxylation is 1. The Labute approximate surface area is 147 Å². The smallest absolute Gasteiger partial charge is 0.242 e. The highest BCUT2D eigenvalue weighted by Crippen LogP contribution is 2.45. The Morgan fingerprint density at radius 1 is 1.32 bits per heavy atom. The van der Waals surface area contributed by atoms with Crippen LogP contribution in [0.2, 0.25) is 0 Å². The first-order valence-electron chi connectivity index (χ1n) is 9.40. The molecular formula is C18H26N4O3. The van der Waals surface area contributed by atoms with Crippen LogP contribution in [0.5, 0.6) is 0 Å². The molecule has 1 aliphatic carbocycles. The van der Waals surface area contributed by atoms with E-state index in [1.165, 1.54) is 12.8 Å². The summed E-state index contributed by atoms with van der Waals surface area (Å²) in [5.74, 6) is 1.58. The first kappa shape index (κ1) is 16.5. The van der Waals surface area contributed by atoms with Crippen LogP contribution in [0.15, 0.2) is 4.52 Å². The van der Waals surface area contributed by atoms with Crippen molar-refractivity contribution in [1.82, 2.24) is 19.9 Å². The molecule has 7 nitrogen and oxygen atoms in total. The molecule has 136 valence electrons. The molecule has 2 amide bonds. The Hall–Kier alpha value is -1.92.